The smallest absolute Gasteiger partial charge is 0.244 e. The molecule has 1 aromatic heterocycles. The zero-order valence-electron chi connectivity index (χ0n) is 17.2. The van der Waals surface area contributed by atoms with Crippen molar-refractivity contribution in [2.75, 3.05) is 20.8 Å². The number of furan rings is 1. The van der Waals surface area contributed by atoms with Crippen molar-refractivity contribution in [3.8, 4) is 11.5 Å². The lowest BCUT2D eigenvalue weighted by Gasteiger charge is -2.18. The highest BCUT2D eigenvalue weighted by Crippen LogP contribution is 2.31. The van der Waals surface area contributed by atoms with Gasteiger partial charge in [-0.25, -0.2) is 21.6 Å². The number of sulfone groups is 1. The molecule has 1 unspecified atom stereocenters. The summed E-state index contributed by atoms with van der Waals surface area (Å²) in [5, 5.41) is -1.27. The van der Waals surface area contributed by atoms with Gasteiger partial charge in [0.2, 0.25) is 10.0 Å². The fourth-order valence-corrected chi connectivity index (χ4v) is 5.91. The molecule has 0 aliphatic rings. The molecule has 0 spiro atoms. The number of aryl methyl sites for hydroxylation is 1. The van der Waals surface area contributed by atoms with E-state index in [4.69, 9.17) is 13.9 Å². The van der Waals surface area contributed by atoms with Gasteiger partial charge >= 0.3 is 0 Å². The molecule has 0 bridgehead atoms. The molecule has 8 nitrogen and oxygen atoms in total. The van der Waals surface area contributed by atoms with E-state index in [1.807, 2.05) is 6.92 Å². The minimum atomic E-state index is -4.13. The van der Waals surface area contributed by atoms with Crippen molar-refractivity contribution >= 4 is 19.9 Å². The van der Waals surface area contributed by atoms with Gasteiger partial charge in [-0.15, -0.1) is 0 Å². The Hall–Kier alpha value is -2.82. The van der Waals surface area contributed by atoms with E-state index in [0.717, 1.165) is 5.56 Å². The molecule has 0 amide bonds. The van der Waals surface area contributed by atoms with Crippen LogP contribution in [0, 0.1) is 6.92 Å². The molecule has 3 aromatic rings. The number of hydrogen-bond acceptors (Lipinski definition) is 7. The van der Waals surface area contributed by atoms with E-state index in [9.17, 15) is 16.8 Å². The summed E-state index contributed by atoms with van der Waals surface area (Å²) < 4.78 is 70.5. The highest BCUT2D eigenvalue weighted by molar-refractivity contribution is 7.92. The molecule has 31 heavy (non-hydrogen) atoms. The minimum absolute atomic E-state index is 0.0673. The molecule has 0 saturated heterocycles. The Morgan fingerprint density at radius 1 is 0.968 bits per heavy atom. The Morgan fingerprint density at radius 2 is 1.68 bits per heavy atom. The fourth-order valence-electron chi connectivity index (χ4n) is 2.99. The van der Waals surface area contributed by atoms with E-state index in [0.29, 0.717) is 5.75 Å². The van der Waals surface area contributed by atoms with Crippen LogP contribution in [0.3, 0.4) is 0 Å². The normalized spacial score (nSPS) is 13.0. The van der Waals surface area contributed by atoms with Gasteiger partial charge in [0.1, 0.15) is 27.4 Å². The molecular formula is C21H23NO7S2. The van der Waals surface area contributed by atoms with Crippen molar-refractivity contribution in [1.29, 1.82) is 0 Å². The lowest BCUT2D eigenvalue weighted by atomic mass is 10.2. The zero-order valence-corrected chi connectivity index (χ0v) is 18.9. The number of hydrogen-bond donors (Lipinski definition) is 1. The largest absolute Gasteiger partial charge is 0.497 e. The average Bonchev–Trinajstić information content (AvgIpc) is 3.27. The van der Waals surface area contributed by atoms with E-state index in [1.54, 1.807) is 24.3 Å². The van der Waals surface area contributed by atoms with Gasteiger partial charge in [-0.1, -0.05) is 17.7 Å². The van der Waals surface area contributed by atoms with Crippen molar-refractivity contribution in [1.82, 2.24) is 4.72 Å². The molecular weight excluding hydrogens is 442 g/mol. The number of nitrogens with one attached hydrogen (secondary N) is 1. The molecule has 3 rings (SSSR count). The molecule has 0 saturated carbocycles. The number of benzene rings is 2. The standard InChI is InChI=1S/C21H23NO7S2/c1-15-6-9-17(10-7-15)30(23,24)21(19-5-4-12-29-19)14-22-31(25,26)20-13-16(27-2)8-11-18(20)28-3/h4-13,21-22H,14H2,1-3H3. The summed E-state index contributed by atoms with van der Waals surface area (Å²) in [5.41, 5.74) is 0.902. The first-order chi connectivity index (χ1) is 14.7. The van der Waals surface area contributed by atoms with Crippen LogP contribution in [0.5, 0.6) is 11.5 Å². The Kier molecular flexibility index (Phi) is 6.73. The second-order valence-electron chi connectivity index (χ2n) is 6.73. The van der Waals surface area contributed by atoms with Crippen LogP contribution in [-0.2, 0) is 19.9 Å². The van der Waals surface area contributed by atoms with Gasteiger partial charge in [0.05, 0.1) is 25.4 Å². The summed E-state index contributed by atoms with van der Waals surface area (Å²) >= 11 is 0. The Morgan fingerprint density at radius 3 is 2.26 bits per heavy atom. The molecule has 10 heteroatoms. The predicted octanol–water partition coefficient (Wildman–Crippen LogP) is 3.10. The van der Waals surface area contributed by atoms with Gasteiger partial charge in [0.25, 0.3) is 0 Å². The SMILES string of the molecule is COc1ccc(OC)c(S(=O)(=O)NCC(c2ccco2)S(=O)(=O)c2ccc(C)cc2)c1. The molecule has 1 atom stereocenters. The van der Waals surface area contributed by atoms with Crippen molar-refractivity contribution in [2.24, 2.45) is 0 Å². The quantitative estimate of drug-likeness (QED) is 0.517. The fraction of sp³-hybridized carbons (Fsp3) is 0.238. The second-order valence-corrected chi connectivity index (χ2v) is 10.6. The average molecular weight is 466 g/mol. The van der Waals surface area contributed by atoms with Crippen LogP contribution in [0.4, 0.5) is 0 Å². The third-order valence-electron chi connectivity index (χ3n) is 4.70. The molecule has 0 fully saturated rings. The number of ether oxygens (including phenoxy) is 2. The molecule has 166 valence electrons. The molecule has 0 aliphatic heterocycles. The maximum Gasteiger partial charge on any atom is 0.244 e. The lowest BCUT2D eigenvalue weighted by Crippen LogP contribution is -2.32. The van der Waals surface area contributed by atoms with Crippen LogP contribution in [0.1, 0.15) is 16.6 Å². The van der Waals surface area contributed by atoms with Crippen molar-refractivity contribution in [3.63, 3.8) is 0 Å². The number of sulfonamides is 1. The van der Waals surface area contributed by atoms with Crippen LogP contribution >= 0.6 is 0 Å². The van der Waals surface area contributed by atoms with Gasteiger partial charge < -0.3 is 13.9 Å². The van der Waals surface area contributed by atoms with Gasteiger partial charge in [0, 0.05) is 12.6 Å². The highest BCUT2D eigenvalue weighted by Gasteiger charge is 2.33. The van der Waals surface area contributed by atoms with Crippen molar-refractivity contribution < 1.29 is 30.7 Å². The van der Waals surface area contributed by atoms with Crippen LogP contribution in [-0.4, -0.2) is 37.6 Å². The van der Waals surface area contributed by atoms with E-state index < -0.39 is 31.7 Å². The van der Waals surface area contributed by atoms with E-state index >= 15 is 0 Å². The first-order valence-corrected chi connectivity index (χ1v) is 12.3. The summed E-state index contributed by atoms with van der Waals surface area (Å²) in [6.45, 7) is 1.41. The molecule has 2 aromatic carbocycles. The predicted molar refractivity (Wildman–Crippen MR) is 115 cm³/mol. The third kappa shape index (κ3) is 4.92. The van der Waals surface area contributed by atoms with Crippen molar-refractivity contribution in [2.45, 2.75) is 22.0 Å². The Labute approximate surface area is 181 Å². The zero-order chi connectivity index (χ0) is 22.6. The Balaban J connectivity index is 1.96. The van der Waals surface area contributed by atoms with Gasteiger partial charge in [-0.2, -0.15) is 0 Å². The van der Waals surface area contributed by atoms with Crippen LogP contribution in [0.25, 0.3) is 0 Å². The highest BCUT2D eigenvalue weighted by atomic mass is 32.2. The maximum atomic E-state index is 13.3. The third-order valence-corrected chi connectivity index (χ3v) is 8.23. The van der Waals surface area contributed by atoms with E-state index in [-0.39, 0.29) is 21.3 Å². The van der Waals surface area contributed by atoms with Gasteiger partial charge in [-0.05, 0) is 43.3 Å². The molecule has 1 heterocycles. The van der Waals surface area contributed by atoms with Crippen molar-refractivity contribution in [3.05, 3.63) is 72.2 Å². The van der Waals surface area contributed by atoms with Crippen LogP contribution in [0.2, 0.25) is 0 Å². The summed E-state index contributed by atoms with van der Waals surface area (Å²) in [5.74, 6) is 0.543. The summed E-state index contributed by atoms with van der Waals surface area (Å²) in [4.78, 5) is -0.0991. The van der Waals surface area contributed by atoms with E-state index in [1.165, 1.54) is 50.8 Å². The van der Waals surface area contributed by atoms with E-state index in [2.05, 4.69) is 4.72 Å². The number of methoxy groups -OCH3 is 2. The number of rotatable bonds is 9. The topological polar surface area (TPSA) is 112 Å². The monoisotopic (exact) mass is 465 g/mol. The van der Waals surface area contributed by atoms with Gasteiger partial charge in [0.15, 0.2) is 9.84 Å². The second kappa shape index (κ2) is 9.13. The molecule has 1 N–H and O–H groups in total. The minimum Gasteiger partial charge on any atom is -0.497 e. The molecule has 0 aliphatic carbocycles. The summed E-state index contributed by atoms with van der Waals surface area (Å²) in [6, 6.07) is 13.7. The van der Waals surface area contributed by atoms with Crippen LogP contribution < -0.4 is 14.2 Å². The summed E-state index contributed by atoms with van der Waals surface area (Å²) in [7, 11) is -5.33. The maximum absolute atomic E-state index is 13.3. The lowest BCUT2D eigenvalue weighted by molar-refractivity contribution is 0.392. The first kappa shape index (κ1) is 22.9. The molecule has 0 radical (unpaired) electrons. The van der Waals surface area contributed by atoms with Crippen LogP contribution in [0.15, 0.2) is 75.1 Å². The Bertz CT molecular complexity index is 1230. The first-order valence-electron chi connectivity index (χ1n) is 9.24. The van der Waals surface area contributed by atoms with Gasteiger partial charge in [-0.3, -0.25) is 0 Å². The summed E-state index contributed by atoms with van der Waals surface area (Å²) in [6.07, 6.45) is 1.34.